The molecule has 3 nitrogen and oxygen atoms in total. The van der Waals surface area contributed by atoms with Gasteiger partial charge in [-0.3, -0.25) is 4.79 Å². The average molecular weight is 246 g/mol. The number of fused-ring (bicyclic) bond motifs is 2. The van der Waals surface area contributed by atoms with Gasteiger partial charge in [0.2, 0.25) is 0 Å². The van der Waals surface area contributed by atoms with Crippen LogP contribution in [0.25, 0.3) is 10.8 Å². The number of nitriles is 2. The fourth-order valence-electron chi connectivity index (χ4n) is 2.73. The molecule has 1 atom stereocenters. The molecule has 0 fully saturated rings. The molecule has 19 heavy (non-hydrogen) atoms. The third kappa shape index (κ3) is 1.68. The molecule has 2 aromatic rings. The first-order chi connectivity index (χ1) is 9.24. The molecule has 0 radical (unpaired) electrons. The van der Waals surface area contributed by atoms with Crippen LogP contribution in [0.1, 0.15) is 28.3 Å². The molecule has 3 heteroatoms. The molecule has 0 spiro atoms. The Morgan fingerprint density at radius 3 is 2.37 bits per heavy atom. The summed E-state index contributed by atoms with van der Waals surface area (Å²) in [5, 5.41) is 20.1. The number of nitrogens with zero attached hydrogens (tertiary/aromatic N) is 2. The van der Waals surface area contributed by atoms with Crippen LogP contribution >= 0.6 is 0 Å². The number of benzene rings is 2. The Bertz CT molecular complexity index is 750. The molecule has 1 unspecified atom stereocenters. The molecule has 3 rings (SSSR count). The number of ketones is 1. The van der Waals surface area contributed by atoms with E-state index in [4.69, 9.17) is 10.5 Å². The van der Waals surface area contributed by atoms with Crippen molar-refractivity contribution in [1.29, 1.82) is 10.5 Å². The van der Waals surface area contributed by atoms with Crippen molar-refractivity contribution in [2.75, 3.05) is 0 Å². The standard InChI is InChI=1S/C16H10N2O/c17-8-12(9-18)13-7-16(19)15-6-11-4-2-1-3-10(11)5-14(13)15/h1-6,12-13H,7H2. The van der Waals surface area contributed by atoms with Crippen LogP contribution in [0.2, 0.25) is 0 Å². The molecule has 90 valence electrons. The Balaban J connectivity index is 2.22. The lowest BCUT2D eigenvalue weighted by Crippen LogP contribution is -2.06. The molecule has 0 saturated carbocycles. The van der Waals surface area contributed by atoms with Gasteiger partial charge in [-0.25, -0.2) is 0 Å². The minimum atomic E-state index is -0.758. The monoisotopic (exact) mass is 246 g/mol. The molecule has 0 aromatic heterocycles. The van der Waals surface area contributed by atoms with Gasteiger partial charge in [-0.2, -0.15) is 10.5 Å². The second-order valence-corrected chi connectivity index (χ2v) is 4.76. The van der Waals surface area contributed by atoms with E-state index in [1.54, 1.807) is 0 Å². The third-order valence-electron chi connectivity index (χ3n) is 3.70. The minimum Gasteiger partial charge on any atom is -0.294 e. The highest BCUT2D eigenvalue weighted by Gasteiger charge is 2.35. The predicted molar refractivity (Wildman–Crippen MR) is 70.4 cm³/mol. The maximum atomic E-state index is 12.0. The summed E-state index contributed by atoms with van der Waals surface area (Å²) in [5.74, 6) is -1.02. The number of Topliss-reactive ketones (excluding diaryl/α,β-unsaturated/α-hetero) is 1. The average Bonchev–Trinajstić information content (AvgIpc) is 2.75. The van der Waals surface area contributed by atoms with Crippen LogP contribution in [0, 0.1) is 28.6 Å². The summed E-state index contributed by atoms with van der Waals surface area (Å²) in [5.41, 5.74) is 1.51. The first-order valence-corrected chi connectivity index (χ1v) is 6.09. The Morgan fingerprint density at radius 2 is 1.74 bits per heavy atom. The van der Waals surface area contributed by atoms with Crippen LogP contribution < -0.4 is 0 Å². The van der Waals surface area contributed by atoms with Gasteiger partial charge >= 0.3 is 0 Å². The zero-order chi connectivity index (χ0) is 13.4. The first-order valence-electron chi connectivity index (χ1n) is 6.09. The lowest BCUT2D eigenvalue weighted by Gasteiger charge is -2.11. The van der Waals surface area contributed by atoms with Gasteiger partial charge in [-0.05, 0) is 22.4 Å². The van der Waals surface area contributed by atoms with Crippen LogP contribution in [0.5, 0.6) is 0 Å². The first kappa shape index (κ1) is 11.4. The summed E-state index contributed by atoms with van der Waals surface area (Å²) in [6.45, 7) is 0. The van der Waals surface area contributed by atoms with E-state index in [-0.39, 0.29) is 18.1 Å². The van der Waals surface area contributed by atoms with E-state index in [0.717, 1.165) is 16.3 Å². The summed E-state index contributed by atoms with van der Waals surface area (Å²) < 4.78 is 0. The van der Waals surface area contributed by atoms with E-state index in [1.165, 1.54) is 0 Å². The second-order valence-electron chi connectivity index (χ2n) is 4.76. The van der Waals surface area contributed by atoms with Gasteiger partial charge in [0.15, 0.2) is 5.78 Å². The molecule has 0 heterocycles. The number of carbonyl (C=O) groups excluding carboxylic acids is 1. The lowest BCUT2D eigenvalue weighted by molar-refractivity contribution is 0.0987. The van der Waals surface area contributed by atoms with Crippen LogP contribution in [0.4, 0.5) is 0 Å². The van der Waals surface area contributed by atoms with Crippen molar-refractivity contribution in [2.24, 2.45) is 5.92 Å². The summed E-state index contributed by atoms with van der Waals surface area (Å²) in [4.78, 5) is 12.0. The van der Waals surface area contributed by atoms with Gasteiger partial charge in [-0.1, -0.05) is 30.3 Å². The van der Waals surface area contributed by atoms with Crippen molar-refractivity contribution < 1.29 is 4.79 Å². The maximum Gasteiger partial charge on any atom is 0.163 e. The van der Waals surface area contributed by atoms with E-state index in [0.29, 0.717) is 5.56 Å². The van der Waals surface area contributed by atoms with Crippen molar-refractivity contribution in [3.8, 4) is 12.1 Å². The zero-order valence-corrected chi connectivity index (χ0v) is 10.1. The number of hydrogen-bond donors (Lipinski definition) is 0. The second kappa shape index (κ2) is 4.23. The van der Waals surface area contributed by atoms with Gasteiger partial charge < -0.3 is 0 Å². The van der Waals surface area contributed by atoms with E-state index in [9.17, 15) is 4.79 Å². The molecule has 2 aromatic carbocycles. The third-order valence-corrected chi connectivity index (χ3v) is 3.70. The largest absolute Gasteiger partial charge is 0.294 e. The highest BCUT2D eigenvalue weighted by molar-refractivity contribution is 6.05. The topological polar surface area (TPSA) is 64.7 Å². The molecular formula is C16H10N2O. The van der Waals surface area contributed by atoms with Crippen molar-refractivity contribution in [2.45, 2.75) is 12.3 Å². The van der Waals surface area contributed by atoms with Crippen LogP contribution in [0.3, 0.4) is 0 Å². The molecule has 0 saturated heterocycles. The SMILES string of the molecule is N#CC(C#N)C1CC(=O)c2cc3ccccc3cc21. The van der Waals surface area contributed by atoms with Crippen LogP contribution in [-0.2, 0) is 0 Å². The van der Waals surface area contributed by atoms with Crippen molar-refractivity contribution in [3.63, 3.8) is 0 Å². The lowest BCUT2D eigenvalue weighted by atomic mass is 9.88. The van der Waals surface area contributed by atoms with Crippen molar-refractivity contribution >= 4 is 16.6 Å². The van der Waals surface area contributed by atoms with E-state index in [2.05, 4.69) is 0 Å². The van der Waals surface area contributed by atoms with Gasteiger partial charge in [0.1, 0.15) is 5.92 Å². The van der Waals surface area contributed by atoms with Crippen LogP contribution in [-0.4, -0.2) is 5.78 Å². The Kier molecular flexibility index (Phi) is 2.54. The number of hydrogen-bond acceptors (Lipinski definition) is 3. The Hall–Kier alpha value is -2.65. The van der Waals surface area contributed by atoms with Gasteiger partial charge in [0.25, 0.3) is 0 Å². The molecule has 0 bridgehead atoms. The van der Waals surface area contributed by atoms with Gasteiger partial charge in [0, 0.05) is 17.9 Å². The zero-order valence-electron chi connectivity index (χ0n) is 10.1. The highest BCUT2D eigenvalue weighted by Crippen LogP contribution is 2.39. The fourth-order valence-corrected chi connectivity index (χ4v) is 2.73. The smallest absolute Gasteiger partial charge is 0.163 e. The quantitative estimate of drug-likeness (QED) is 0.776. The molecular weight excluding hydrogens is 236 g/mol. The number of carbonyl (C=O) groups is 1. The fraction of sp³-hybridized carbons (Fsp3) is 0.188. The molecule has 1 aliphatic rings. The van der Waals surface area contributed by atoms with Crippen molar-refractivity contribution in [1.82, 2.24) is 0 Å². The number of rotatable bonds is 1. The van der Waals surface area contributed by atoms with E-state index in [1.807, 2.05) is 48.5 Å². The molecule has 1 aliphatic carbocycles. The molecule has 0 N–H and O–H groups in total. The van der Waals surface area contributed by atoms with E-state index >= 15 is 0 Å². The minimum absolute atomic E-state index is 0.0289. The summed E-state index contributed by atoms with van der Waals surface area (Å²) in [6, 6.07) is 15.6. The molecule has 0 aliphatic heterocycles. The summed E-state index contributed by atoms with van der Waals surface area (Å²) in [7, 11) is 0. The Labute approximate surface area is 110 Å². The Morgan fingerprint density at radius 1 is 1.11 bits per heavy atom. The van der Waals surface area contributed by atoms with Gasteiger partial charge in [0.05, 0.1) is 12.1 Å². The summed E-state index contributed by atoms with van der Waals surface area (Å²) >= 11 is 0. The van der Waals surface area contributed by atoms with Crippen molar-refractivity contribution in [3.05, 3.63) is 47.5 Å². The van der Waals surface area contributed by atoms with Gasteiger partial charge in [-0.15, -0.1) is 0 Å². The maximum absolute atomic E-state index is 12.0. The highest BCUT2D eigenvalue weighted by atomic mass is 16.1. The predicted octanol–water partition coefficient (Wildman–Crippen LogP) is 3.17. The van der Waals surface area contributed by atoms with Crippen LogP contribution in [0.15, 0.2) is 36.4 Å². The normalized spacial score (nSPS) is 17.2. The molecule has 0 amide bonds. The summed E-state index contributed by atoms with van der Waals surface area (Å²) in [6.07, 6.45) is 0.261. The van der Waals surface area contributed by atoms with E-state index < -0.39 is 5.92 Å².